The summed E-state index contributed by atoms with van der Waals surface area (Å²) < 4.78 is 0. The molecule has 1 atom stereocenters. The summed E-state index contributed by atoms with van der Waals surface area (Å²) in [6.45, 7) is 6.39. The van der Waals surface area contributed by atoms with Crippen LogP contribution in [0, 0.1) is 23.2 Å². The molecular weight excluding hydrogens is 210 g/mol. The summed E-state index contributed by atoms with van der Waals surface area (Å²) >= 11 is 0. The second kappa shape index (κ2) is 6.93. The normalized spacial score (nSPS) is 12.2. The molecule has 0 saturated carbocycles. The molecule has 0 radical (unpaired) electrons. The molecule has 3 heteroatoms. The largest absolute Gasteiger partial charge is 0.385 e. The zero-order chi connectivity index (χ0) is 12.7. The Labute approximate surface area is 104 Å². The zero-order valence-corrected chi connectivity index (χ0v) is 10.8. The lowest BCUT2D eigenvalue weighted by Gasteiger charge is -2.21. The molecular formula is C14H21N3. The van der Waals surface area contributed by atoms with Crippen LogP contribution in [0.3, 0.4) is 0 Å². The molecule has 0 aromatic heterocycles. The van der Waals surface area contributed by atoms with Crippen LogP contribution in [-0.2, 0) is 0 Å². The van der Waals surface area contributed by atoms with Gasteiger partial charge in [-0.2, -0.15) is 5.26 Å². The standard InChI is InChI=1S/C14H21N3/c1-11(2)13(9-16-3)10-17-14-6-4-5-12(7-14)8-15/h4-7,11,13,16-17H,9-10H2,1-3H3. The summed E-state index contributed by atoms with van der Waals surface area (Å²) in [4.78, 5) is 0. The van der Waals surface area contributed by atoms with Gasteiger partial charge in [0, 0.05) is 12.2 Å². The second-order valence-corrected chi connectivity index (χ2v) is 4.64. The van der Waals surface area contributed by atoms with Gasteiger partial charge in [0.2, 0.25) is 0 Å². The summed E-state index contributed by atoms with van der Waals surface area (Å²) in [7, 11) is 1.98. The average Bonchev–Trinajstić information content (AvgIpc) is 2.34. The maximum absolute atomic E-state index is 8.82. The number of nitriles is 1. The van der Waals surface area contributed by atoms with E-state index in [1.54, 1.807) is 0 Å². The van der Waals surface area contributed by atoms with Gasteiger partial charge in [0.05, 0.1) is 11.6 Å². The molecule has 0 aliphatic heterocycles. The molecule has 0 bridgehead atoms. The van der Waals surface area contributed by atoms with Crippen molar-refractivity contribution >= 4 is 5.69 Å². The first kappa shape index (κ1) is 13.5. The molecule has 3 nitrogen and oxygen atoms in total. The minimum Gasteiger partial charge on any atom is -0.385 e. The molecule has 0 aliphatic rings. The summed E-state index contributed by atoms with van der Waals surface area (Å²) in [5.74, 6) is 1.22. The summed E-state index contributed by atoms with van der Waals surface area (Å²) in [6.07, 6.45) is 0. The lowest BCUT2D eigenvalue weighted by Crippen LogP contribution is -2.29. The van der Waals surface area contributed by atoms with Gasteiger partial charge < -0.3 is 10.6 Å². The highest BCUT2D eigenvalue weighted by molar-refractivity contribution is 5.49. The molecule has 92 valence electrons. The Kier molecular flexibility index (Phi) is 5.51. The third kappa shape index (κ3) is 4.46. The van der Waals surface area contributed by atoms with Crippen molar-refractivity contribution in [2.45, 2.75) is 13.8 Å². The highest BCUT2D eigenvalue weighted by atomic mass is 14.9. The van der Waals surface area contributed by atoms with Crippen molar-refractivity contribution in [1.82, 2.24) is 5.32 Å². The Morgan fingerprint density at radius 2 is 2.06 bits per heavy atom. The monoisotopic (exact) mass is 231 g/mol. The van der Waals surface area contributed by atoms with Gasteiger partial charge in [0.25, 0.3) is 0 Å². The van der Waals surface area contributed by atoms with Crippen molar-refractivity contribution in [3.05, 3.63) is 29.8 Å². The first-order valence-corrected chi connectivity index (χ1v) is 6.06. The van der Waals surface area contributed by atoms with E-state index in [0.29, 0.717) is 17.4 Å². The molecule has 1 aromatic carbocycles. The van der Waals surface area contributed by atoms with E-state index in [4.69, 9.17) is 5.26 Å². The minimum absolute atomic E-state index is 0.589. The van der Waals surface area contributed by atoms with Crippen molar-refractivity contribution in [3.63, 3.8) is 0 Å². The van der Waals surface area contributed by atoms with Gasteiger partial charge in [0.1, 0.15) is 0 Å². The number of anilines is 1. The average molecular weight is 231 g/mol. The van der Waals surface area contributed by atoms with E-state index in [1.807, 2.05) is 31.3 Å². The van der Waals surface area contributed by atoms with Crippen LogP contribution in [0.25, 0.3) is 0 Å². The molecule has 0 fully saturated rings. The molecule has 1 rings (SSSR count). The highest BCUT2D eigenvalue weighted by Crippen LogP contribution is 2.14. The Balaban J connectivity index is 2.56. The van der Waals surface area contributed by atoms with Crippen molar-refractivity contribution < 1.29 is 0 Å². The number of benzene rings is 1. The van der Waals surface area contributed by atoms with Gasteiger partial charge in [-0.25, -0.2) is 0 Å². The van der Waals surface area contributed by atoms with Crippen LogP contribution in [0.1, 0.15) is 19.4 Å². The van der Waals surface area contributed by atoms with E-state index < -0.39 is 0 Å². The van der Waals surface area contributed by atoms with Gasteiger partial charge >= 0.3 is 0 Å². The summed E-state index contributed by atoms with van der Waals surface area (Å²) in [5.41, 5.74) is 1.72. The van der Waals surface area contributed by atoms with Gasteiger partial charge in [-0.3, -0.25) is 0 Å². The topological polar surface area (TPSA) is 47.8 Å². The Morgan fingerprint density at radius 3 is 2.65 bits per heavy atom. The zero-order valence-electron chi connectivity index (χ0n) is 10.8. The number of rotatable bonds is 6. The quantitative estimate of drug-likeness (QED) is 0.790. The third-order valence-electron chi connectivity index (χ3n) is 2.97. The molecule has 0 amide bonds. The van der Waals surface area contributed by atoms with Crippen LogP contribution in [0.4, 0.5) is 5.69 Å². The van der Waals surface area contributed by atoms with Gasteiger partial charge in [-0.05, 0) is 43.6 Å². The number of hydrogen-bond donors (Lipinski definition) is 2. The fourth-order valence-electron chi connectivity index (χ4n) is 1.75. The SMILES string of the molecule is CNCC(CNc1cccc(C#N)c1)C(C)C. The summed E-state index contributed by atoms with van der Waals surface area (Å²) in [5, 5.41) is 15.4. The molecule has 17 heavy (non-hydrogen) atoms. The Hall–Kier alpha value is -1.53. The third-order valence-corrected chi connectivity index (χ3v) is 2.97. The molecule has 0 saturated heterocycles. The smallest absolute Gasteiger partial charge is 0.0992 e. The van der Waals surface area contributed by atoms with E-state index in [9.17, 15) is 0 Å². The Morgan fingerprint density at radius 1 is 1.29 bits per heavy atom. The van der Waals surface area contributed by atoms with E-state index in [0.717, 1.165) is 18.8 Å². The number of hydrogen-bond acceptors (Lipinski definition) is 3. The number of nitrogens with one attached hydrogen (secondary N) is 2. The van der Waals surface area contributed by atoms with Crippen LogP contribution >= 0.6 is 0 Å². The highest BCUT2D eigenvalue weighted by Gasteiger charge is 2.11. The van der Waals surface area contributed by atoms with Crippen molar-refractivity contribution in [2.75, 3.05) is 25.5 Å². The fourth-order valence-corrected chi connectivity index (χ4v) is 1.75. The van der Waals surface area contributed by atoms with E-state index in [1.165, 1.54) is 0 Å². The molecule has 2 N–H and O–H groups in total. The fraction of sp³-hybridized carbons (Fsp3) is 0.500. The van der Waals surface area contributed by atoms with Crippen molar-refractivity contribution in [3.8, 4) is 6.07 Å². The maximum atomic E-state index is 8.82. The van der Waals surface area contributed by atoms with E-state index in [2.05, 4.69) is 30.6 Å². The maximum Gasteiger partial charge on any atom is 0.0992 e. The van der Waals surface area contributed by atoms with Crippen molar-refractivity contribution in [2.24, 2.45) is 11.8 Å². The minimum atomic E-state index is 0.589. The first-order valence-electron chi connectivity index (χ1n) is 6.06. The number of nitrogens with zero attached hydrogens (tertiary/aromatic N) is 1. The first-order chi connectivity index (χ1) is 8.17. The van der Waals surface area contributed by atoms with E-state index >= 15 is 0 Å². The predicted molar refractivity (Wildman–Crippen MR) is 71.9 cm³/mol. The van der Waals surface area contributed by atoms with Crippen LogP contribution < -0.4 is 10.6 Å². The summed E-state index contributed by atoms with van der Waals surface area (Å²) in [6, 6.07) is 9.76. The lowest BCUT2D eigenvalue weighted by atomic mass is 9.95. The van der Waals surface area contributed by atoms with Crippen LogP contribution in [0.2, 0.25) is 0 Å². The van der Waals surface area contributed by atoms with Gasteiger partial charge in [0.15, 0.2) is 0 Å². The molecule has 1 aromatic rings. The Bertz CT molecular complexity index is 379. The molecule has 1 unspecified atom stereocenters. The van der Waals surface area contributed by atoms with Crippen molar-refractivity contribution in [1.29, 1.82) is 5.26 Å². The van der Waals surface area contributed by atoms with Crippen LogP contribution in [-0.4, -0.2) is 20.1 Å². The molecule has 0 spiro atoms. The lowest BCUT2D eigenvalue weighted by molar-refractivity contribution is 0.390. The molecule has 0 aliphatic carbocycles. The second-order valence-electron chi connectivity index (χ2n) is 4.64. The van der Waals surface area contributed by atoms with Gasteiger partial charge in [-0.1, -0.05) is 19.9 Å². The predicted octanol–water partition coefficient (Wildman–Crippen LogP) is 2.46. The van der Waals surface area contributed by atoms with Crippen LogP contribution in [0.5, 0.6) is 0 Å². The van der Waals surface area contributed by atoms with Gasteiger partial charge in [-0.15, -0.1) is 0 Å². The molecule has 0 heterocycles. The van der Waals surface area contributed by atoms with E-state index in [-0.39, 0.29) is 0 Å². The van der Waals surface area contributed by atoms with Crippen LogP contribution in [0.15, 0.2) is 24.3 Å².